The highest BCUT2D eigenvalue weighted by Gasteiger charge is 2.43. The summed E-state index contributed by atoms with van der Waals surface area (Å²) >= 11 is 24.8. The first-order valence-electron chi connectivity index (χ1n) is 5.94. The van der Waals surface area contributed by atoms with E-state index in [0.717, 1.165) is 6.42 Å². The number of hydrogen-bond acceptors (Lipinski definition) is 0. The van der Waals surface area contributed by atoms with Crippen LogP contribution >= 0.6 is 44.3 Å². The summed E-state index contributed by atoms with van der Waals surface area (Å²) in [7, 11) is -3.19. The number of rotatable bonds is 4. The summed E-state index contributed by atoms with van der Waals surface area (Å²) in [5, 5.41) is 0.187. The van der Waals surface area contributed by atoms with Gasteiger partial charge in [-0.05, 0) is 29.3 Å². The third-order valence-electron chi connectivity index (χ3n) is 4.04. The quantitative estimate of drug-likeness (QED) is 0.493. The maximum absolute atomic E-state index is 6.31. The third kappa shape index (κ3) is 3.79. The van der Waals surface area contributed by atoms with Crippen molar-refractivity contribution in [1.29, 1.82) is 0 Å². The van der Waals surface area contributed by atoms with Gasteiger partial charge >= 0.3 is 0 Å². The molecule has 1 aliphatic carbocycles. The summed E-state index contributed by atoms with van der Waals surface area (Å²) in [6.45, 7) is 4.45. The van der Waals surface area contributed by atoms with Gasteiger partial charge in [0.25, 0.3) is 0 Å². The summed E-state index contributed by atoms with van der Waals surface area (Å²) in [4.78, 5) is 0. The van der Waals surface area contributed by atoms with Crippen molar-refractivity contribution in [3.8, 4) is 0 Å². The van der Waals surface area contributed by atoms with E-state index >= 15 is 0 Å². The molecule has 1 rings (SSSR count). The van der Waals surface area contributed by atoms with Gasteiger partial charge in [0, 0.05) is 0 Å². The van der Waals surface area contributed by atoms with Gasteiger partial charge < -0.3 is 0 Å². The molecule has 0 saturated heterocycles. The van der Waals surface area contributed by atoms with Crippen LogP contribution in [0.5, 0.6) is 0 Å². The minimum atomic E-state index is -1.64. The van der Waals surface area contributed by atoms with Crippen molar-refractivity contribution in [3.63, 3.8) is 0 Å². The van der Waals surface area contributed by atoms with Crippen LogP contribution in [-0.2, 0) is 0 Å². The molecule has 1 saturated carbocycles. The second-order valence-corrected chi connectivity index (χ2v) is 15.8. The van der Waals surface area contributed by atoms with Gasteiger partial charge in [0.1, 0.15) is 0 Å². The Balaban J connectivity index is 2.67. The van der Waals surface area contributed by atoms with E-state index in [2.05, 4.69) is 13.8 Å². The van der Waals surface area contributed by atoms with Crippen molar-refractivity contribution >= 4 is 59.1 Å². The molecule has 0 aliphatic heterocycles. The summed E-state index contributed by atoms with van der Waals surface area (Å²) in [5.74, 6) is 0.635. The molecule has 0 aromatic carbocycles. The van der Waals surface area contributed by atoms with Crippen LogP contribution in [0.3, 0.4) is 0 Å². The van der Waals surface area contributed by atoms with Crippen molar-refractivity contribution in [2.24, 2.45) is 5.92 Å². The minimum Gasteiger partial charge on any atom is -0.150 e. The second kappa shape index (κ2) is 6.67. The van der Waals surface area contributed by atoms with Gasteiger partial charge in [0.15, 0.2) is 0 Å². The molecule has 0 aromatic rings. The van der Waals surface area contributed by atoms with Gasteiger partial charge in [-0.2, -0.15) is 22.2 Å². The SMILES string of the molecule is CC(CC1CCCCC1(C)[SiH](Cl)Cl)[SiH](Cl)Cl. The average Bonchev–Trinajstić information content (AvgIpc) is 2.21. The summed E-state index contributed by atoms with van der Waals surface area (Å²) in [6.07, 6.45) is 6.12. The lowest BCUT2D eigenvalue weighted by atomic mass is 9.77. The van der Waals surface area contributed by atoms with Crippen LogP contribution in [-0.4, -0.2) is 14.8 Å². The molecule has 3 atom stereocenters. The third-order valence-corrected chi connectivity index (χ3v) is 12.5. The first-order chi connectivity index (χ1) is 7.38. The van der Waals surface area contributed by atoms with Gasteiger partial charge in [-0.3, -0.25) is 0 Å². The molecular formula is C10H20Cl4Si2. The molecule has 0 N–H and O–H groups in total. The molecular weight excluding hydrogens is 318 g/mol. The molecule has 3 unspecified atom stereocenters. The van der Waals surface area contributed by atoms with E-state index in [1.54, 1.807) is 0 Å². The zero-order valence-electron chi connectivity index (χ0n) is 9.86. The Hall–Kier alpha value is 1.59. The largest absolute Gasteiger partial charge is 0.243 e. The molecule has 0 spiro atoms. The fraction of sp³-hybridized carbons (Fsp3) is 1.00. The van der Waals surface area contributed by atoms with Gasteiger partial charge in [-0.15, -0.1) is 22.2 Å². The normalized spacial score (nSPS) is 33.4. The molecule has 6 heteroatoms. The predicted molar refractivity (Wildman–Crippen MR) is 82.1 cm³/mol. The van der Waals surface area contributed by atoms with Crippen LogP contribution in [0.15, 0.2) is 0 Å². The van der Waals surface area contributed by atoms with Crippen LogP contribution in [0.2, 0.25) is 10.6 Å². The standard InChI is InChI=1S/C10H20Cl4Si2/c1-8(15(11)12)7-9-5-3-4-6-10(9,2)16(13)14/h8-9,15-16H,3-7H2,1-2H3. The lowest BCUT2D eigenvalue weighted by molar-refractivity contribution is 0.255. The molecule has 0 nitrogen and oxygen atoms in total. The Kier molecular flexibility index (Phi) is 6.53. The monoisotopic (exact) mass is 336 g/mol. The van der Waals surface area contributed by atoms with E-state index in [0.29, 0.717) is 11.5 Å². The fourth-order valence-corrected chi connectivity index (χ4v) is 6.61. The van der Waals surface area contributed by atoms with E-state index in [1.807, 2.05) is 0 Å². The van der Waals surface area contributed by atoms with E-state index in [-0.39, 0.29) is 5.04 Å². The molecule has 0 amide bonds. The first kappa shape index (κ1) is 15.7. The summed E-state index contributed by atoms with van der Waals surface area (Å²) < 4.78 is 0. The Labute approximate surface area is 121 Å². The highest BCUT2D eigenvalue weighted by atomic mass is 35.7. The predicted octanol–water partition coefficient (Wildman–Crippen LogP) is 5.11. The van der Waals surface area contributed by atoms with Gasteiger partial charge in [0.05, 0.1) is 0 Å². The van der Waals surface area contributed by atoms with Crippen molar-refractivity contribution in [3.05, 3.63) is 0 Å². The van der Waals surface area contributed by atoms with Gasteiger partial charge in [0.2, 0.25) is 14.8 Å². The molecule has 96 valence electrons. The summed E-state index contributed by atoms with van der Waals surface area (Å²) in [6, 6.07) is 0. The van der Waals surface area contributed by atoms with Crippen LogP contribution in [0, 0.1) is 5.92 Å². The smallest absolute Gasteiger partial charge is 0.150 e. The Morgan fingerprint density at radius 2 is 1.88 bits per heavy atom. The van der Waals surface area contributed by atoms with Crippen LogP contribution in [0.1, 0.15) is 46.0 Å². The molecule has 1 fully saturated rings. The fourth-order valence-electron chi connectivity index (χ4n) is 2.66. The minimum absolute atomic E-state index is 0.187. The zero-order chi connectivity index (χ0) is 12.3. The molecule has 0 radical (unpaired) electrons. The van der Waals surface area contributed by atoms with Gasteiger partial charge in [-0.1, -0.05) is 33.1 Å². The molecule has 16 heavy (non-hydrogen) atoms. The second-order valence-electron chi connectivity index (χ2n) is 5.30. The molecule has 0 aromatic heterocycles. The van der Waals surface area contributed by atoms with E-state index in [4.69, 9.17) is 44.3 Å². The van der Waals surface area contributed by atoms with Crippen LogP contribution in [0.4, 0.5) is 0 Å². The van der Waals surface area contributed by atoms with E-state index in [1.165, 1.54) is 25.7 Å². The maximum Gasteiger partial charge on any atom is 0.243 e. The van der Waals surface area contributed by atoms with Crippen molar-refractivity contribution in [1.82, 2.24) is 0 Å². The molecule has 0 heterocycles. The molecule has 1 aliphatic rings. The zero-order valence-corrected chi connectivity index (χ0v) is 15.2. The average molecular weight is 338 g/mol. The van der Waals surface area contributed by atoms with E-state index in [9.17, 15) is 0 Å². The maximum atomic E-state index is 6.31. The van der Waals surface area contributed by atoms with Crippen LogP contribution < -0.4 is 0 Å². The molecule has 0 bridgehead atoms. The van der Waals surface area contributed by atoms with Crippen molar-refractivity contribution in [2.75, 3.05) is 0 Å². The van der Waals surface area contributed by atoms with E-state index < -0.39 is 14.8 Å². The van der Waals surface area contributed by atoms with Crippen molar-refractivity contribution < 1.29 is 0 Å². The lowest BCUT2D eigenvalue weighted by Gasteiger charge is -2.43. The number of hydrogen-bond donors (Lipinski definition) is 0. The Morgan fingerprint density at radius 3 is 2.38 bits per heavy atom. The van der Waals surface area contributed by atoms with Crippen LogP contribution in [0.25, 0.3) is 0 Å². The van der Waals surface area contributed by atoms with Gasteiger partial charge in [-0.25, -0.2) is 0 Å². The first-order valence-corrected chi connectivity index (χ1v) is 14.2. The Morgan fingerprint density at radius 1 is 1.25 bits per heavy atom. The topological polar surface area (TPSA) is 0 Å². The number of halogens is 4. The summed E-state index contributed by atoms with van der Waals surface area (Å²) in [5.41, 5.74) is 0.465. The highest BCUT2D eigenvalue weighted by Crippen LogP contribution is 2.54. The van der Waals surface area contributed by atoms with Crippen molar-refractivity contribution in [2.45, 2.75) is 56.5 Å². The highest BCUT2D eigenvalue weighted by molar-refractivity contribution is 7.35. The Bertz CT molecular complexity index is 225. The lowest BCUT2D eigenvalue weighted by Crippen LogP contribution is -2.34.